The van der Waals surface area contributed by atoms with Crippen molar-refractivity contribution in [1.29, 1.82) is 0 Å². The highest BCUT2D eigenvalue weighted by molar-refractivity contribution is 7.15. The number of ether oxygens (including phenoxy) is 1. The van der Waals surface area contributed by atoms with Crippen molar-refractivity contribution in [3.63, 3.8) is 0 Å². The van der Waals surface area contributed by atoms with E-state index < -0.39 is 6.10 Å². The highest BCUT2D eigenvalue weighted by atomic mass is 32.1. The van der Waals surface area contributed by atoms with Gasteiger partial charge in [-0.15, -0.1) is 11.3 Å². The first-order valence-corrected chi connectivity index (χ1v) is 9.26. The van der Waals surface area contributed by atoms with Crippen LogP contribution in [0, 0.1) is 0 Å². The fraction of sp³-hybridized carbons (Fsp3) is 0.389. The predicted octanol–water partition coefficient (Wildman–Crippen LogP) is 2.77. The third-order valence-electron chi connectivity index (χ3n) is 4.52. The summed E-state index contributed by atoms with van der Waals surface area (Å²) < 4.78 is 5.82. The Kier molecular flexibility index (Phi) is 4.17. The van der Waals surface area contributed by atoms with Gasteiger partial charge < -0.3 is 9.64 Å². The number of hydrogen-bond donors (Lipinski definition) is 1. The summed E-state index contributed by atoms with van der Waals surface area (Å²) in [7, 11) is 0. The van der Waals surface area contributed by atoms with Crippen LogP contribution >= 0.6 is 11.3 Å². The largest absolute Gasteiger partial charge is 0.476 e. The van der Waals surface area contributed by atoms with Gasteiger partial charge >= 0.3 is 0 Å². The Bertz CT molecular complexity index is 809. The number of rotatable bonds is 2. The molecule has 2 heterocycles. The minimum atomic E-state index is -0.750. The zero-order valence-electron chi connectivity index (χ0n) is 13.9. The molecule has 0 fully saturated rings. The van der Waals surface area contributed by atoms with Crippen molar-refractivity contribution in [1.82, 2.24) is 4.98 Å². The molecule has 2 amide bonds. The predicted molar refractivity (Wildman–Crippen MR) is 96.3 cm³/mol. The average molecular weight is 357 g/mol. The topological polar surface area (TPSA) is 71.5 Å². The summed E-state index contributed by atoms with van der Waals surface area (Å²) >= 11 is 1.54. The molecule has 0 saturated heterocycles. The normalized spacial score (nSPS) is 18.8. The molecule has 0 saturated carbocycles. The van der Waals surface area contributed by atoms with Gasteiger partial charge in [-0.2, -0.15) is 0 Å². The van der Waals surface area contributed by atoms with Gasteiger partial charge in [0, 0.05) is 11.8 Å². The van der Waals surface area contributed by atoms with Gasteiger partial charge in [0.05, 0.1) is 17.9 Å². The van der Waals surface area contributed by atoms with Gasteiger partial charge in [0.1, 0.15) is 5.75 Å². The summed E-state index contributed by atoms with van der Waals surface area (Å²) in [6, 6.07) is 7.26. The second-order valence-corrected chi connectivity index (χ2v) is 7.37. The molecular weight excluding hydrogens is 338 g/mol. The molecule has 1 aromatic carbocycles. The minimum absolute atomic E-state index is 0.113. The Morgan fingerprint density at radius 3 is 2.88 bits per heavy atom. The van der Waals surface area contributed by atoms with Crippen LogP contribution in [0.4, 0.5) is 10.8 Å². The Morgan fingerprint density at radius 1 is 1.28 bits per heavy atom. The smallest absolute Gasteiger partial charge is 0.269 e. The van der Waals surface area contributed by atoms with Crippen molar-refractivity contribution in [3.05, 3.63) is 34.8 Å². The van der Waals surface area contributed by atoms with Crippen LogP contribution in [0.5, 0.6) is 5.75 Å². The number of benzene rings is 1. The van der Waals surface area contributed by atoms with Crippen LogP contribution in [0.1, 0.15) is 30.3 Å². The lowest BCUT2D eigenvalue weighted by Gasteiger charge is -2.33. The molecule has 0 spiro atoms. The van der Waals surface area contributed by atoms with Crippen LogP contribution in [-0.4, -0.2) is 29.4 Å². The lowest BCUT2D eigenvalue weighted by atomic mass is 10.0. The number of aryl methyl sites for hydroxylation is 2. The molecule has 2 aromatic rings. The molecule has 6 nitrogen and oxygen atoms in total. The highest BCUT2D eigenvalue weighted by Gasteiger charge is 2.33. The number of aromatic nitrogens is 1. The van der Waals surface area contributed by atoms with Crippen molar-refractivity contribution in [2.75, 3.05) is 16.8 Å². The van der Waals surface area contributed by atoms with E-state index in [1.807, 2.05) is 18.2 Å². The van der Waals surface area contributed by atoms with Crippen molar-refractivity contribution in [2.24, 2.45) is 0 Å². The lowest BCUT2D eigenvalue weighted by molar-refractivity contribution is -0.123. The first-order chi connectivity index (χ1) is 12.1. The summed E-state index contributed by atoms with van der Waals surface area (Å²) in [6.45, 7) is 1.69. The zero-order chi connectivity index (χ0) is 17.4. The Balaban J connectivity index is 1.52. The molecule has 1 aliphatic heterocycles. The number of nitrogens with zero attached hydrogens (tertiary/aromatic N) is 2. The van der Waals surface area contributed by atoms with E-state index in [-0.39, 0.29) is 18.4 Å². The van der Waals surface area contributed by atoms with Crippen molar-refractivity contribution in [2.45, 2.75) is 38.7 Å². The number of carbonyl (C=O) groups excluding carboxylic acids is 2. The van der Waals surface area contributed by atoms with Crippen molar-refractivity contribution < 1.29 is 14.3 Å². The fourth-order valence-corrected chi connectivity index (χ4v) is 4.31. The fourth-order valence-electron chi connectivity index (χ4n) is 3.26. The average Bonchev–Trinajstić information content (AvgIpc) is 3.02. The van der Waals surface area contributed by atoms with Gasteiger partial charge in [-0.1, -0.05) is 12.1 Å². The Morgan fingerprint density at radius 2 is 2.08 bits per heavy atom. The molecule has 4 rings (SSSR count). The maximum absolute atomic E-state index is 12.7. The summed E-state index contributed by atoms with van der Waals surface area (Å²) in [5.41, 5.74) is 1.80. The van der Waals surface area contributed by atoms with E-state index in [0.717, 1.165) is 25.0 Å². The second-order valence-electron chi connectivity index (χ2n) is 6.29. The molecule has 0 radical (unpaired) electrons. The van der Waals surface area contributed by atoms with E-state index in [1.54, 1.807) is 22.3 Å². The number of hydrogen-bond acceptors (Lipinski definition) is 5. The zero-order valence-corrected chi connectivity index (χ0v) is 14.8. The molecule has 25 heavy (non-hydrogen) atoms. The van der Waals surface area contributed by atoms with Gasteiger partial charge in [0.15, 0.2) is 11.2 Å². The number of fused-ring (bicyclic) bond motifs is 2. The van der Waals surface area contributed by atoms with E-state index in [4.69, 9.17) is 4.74 Å². The van der Waals surface area contributed by atoms with Crippen molar-refractivity contribution in [3.8, 4) is 5.75 Å². The maximum Gasteiger partial charge on any atom is 0.269 e. The van der Waals surface area contributed by atoms with E-state index >= 15 is 0 Å². The molecule has 0 bridgehead atoms. The van der Waals surface area contributed by atoms with Gasteiger partial charge in [-0.05, 0) is 37.8 Å². The van der Waals surface area contributed by atoms with Crippen LogP contribution in [0.15, 0.2) is 24.3 Å². The summed E-state index contributed by atoms with van der Waals surface area (Å²) in [6.07, 6.45) is 3.60. The standard InChI is InChI=1S/C18H19N3O3S/c1-11(22)21-10-15(24-14-8-4-3-7-13(14)21)17(23)20-18-19-12-6-2-5-9-16(12)25-18/h3-4,7-8,15H,2,5-6,9-10H2,1H3,(H,19,20,23)/t15-/m0/s1. The molecule has 130 valence electrons. The summed E-state index contributed by atoms with van der Waals surface area (Å²) in [4.78, 5) is 32.0. The van der Waals surface area contributed by atoms with Crippen LogP contribution < -0.4 is 15.0 Å². The first-order valence-electron chi connectivity index (χ1n) is 8.45. The van der Waals surface area contributed by atoms with Crippen LogP contribution in [0.3, 0.4) is 0 Å². The van der Waals surface area contributed by atoms with E-state index in [0.29, 0.717) is 16.6 Å². The van der Waals surface area contributed by atoms with Gasteiger partial charge in [-0.3, -0.25) is 14.9 Å². The third kappa shape index (κ3) is 3.11. The number of nitrogens with one attached hydrogen (secondary N) is 1. The molecule has 1 N–H and O–H groups in total. The number of para-hydroxylation sites is 2. The van der Waals surface area contributed by atoms with Gasteiger partial charge in [0.2, 0.25) is 5.91 Å². The SMILES string of the molecule is CC(=O)N1C[C@@H](C(=O)Nc2nc3c(s2)CCCC3)Oc2ccccc21. The number of carbonyl (C=O) groups is 2. The molecule has 2 aliphatic rings. The van der Waals surface area contributed by atoms with Gasteiger partial charge in [-0.25, -0.2) is 4.98 Å². The quantitative estimate of drug-likeness (QED) is 0.897. The number of thiazole rings is 1. The van der Waals surface area contributed by atoms with Crippen LogP contribution in [0.25, 0.3) is 0 Å². The first kappa shape index (κ1) is 16.1. The van der Waals surface area contributed by atoms with Crippen molar-refractivity contribution >= 4 is 34.0 Å². The third-order valence-corrected chi connectivity index (χ3v) is 5.59. The minimum Gasteiger partial charge on any atom is -0.476 e. The maximum atomic E-state index is 12.7. The molecule has 0 unspecified atom stereocenters. The molecule has 1 aliphatic carbocycles. The molecule has 1 atom stereocenters. The van der Waals surface area contributed by atoms with E-state index in [2.05, 4.69) is 10.3 Å². The number of amides is 2. The highest BCUT2D eigenvalue weighted by Crippen LogP contribution is 2.34. The molecule has 7 heteroatoms. The number of anilines is 2. The molecular formula is C18H19N3O3S. The lowest BCUT2D eigenvalue weighted by Crippen LogP contribution is -2.48. The summed E-state index contributed by atoms with van der Waals surface area (Å²) in [5.74, 6) is 0.160. The van der Waals surface area contributed by atoms with E-state index in [9.17, 15) is 9.59 Å². The summed E-state index contributed by atoms with van der Waals surface area (Å²) in [5, 5.41) is 3.48. The van der Waals surface area contributed by atoms with E-state index in [1.165, 1.54) is 18.2 Å². The molecule has 1 aromatic heterocycles. The Labute approximate surface area is 149 Å². The van der Waals surface area contributed by atoms with Crippen LogP contribution in [0.2, 0.25) is 0 Å². The second kappa shape index (κ2) is 6.48. The monoisotopic (exact) mass is 357 g/mol. The van der Waals surface area contributed by atoms with Gasteiger partial charge in [0.25, 0.3) is 5.91 Å². The van der Waals surface area contributed by atoms with Crippen LogP contribution in [-0.2, 0) is 22.4 Å². The Hall–Kier alpha value is -2.41.